The quantitative estimate of drug-likeness (QED) is 0.428. The van der Waals surface area contributed by atoms with Crippen molar-refractivity contribution in [2.24, 2.45) is 11.8 Å². The summed E-state index contributed by atoms with van der Waals surface area (Å²) in [5.74, 6) is 1.59. The second-order valence-electron chi connectivity index (χ2n) is 6.77. The monoisotopic (exact) mass is 338 g/mol. The lowest BCUT2D eigenvalue weighted by Gasteiger charge is -2.03. The van der Waals surface area contributed by atoms with Gasteiger partial charge in [-0.1, -0.05) is 111 Å². The van der Waals surface area contributed by atoms with Crippen LogP contribution in [0.15, 0.2) is 66.7 Å². The third-order valence-corrected chi connectivity index (χ3v) is 4.41. The van der Waals surface area contributed by atoms with Crippen LogP contribution in [0.3, 0.4) is 0 Å². The van der Waals surface area contributed by atoms with E-state index in [1.54, 1.807) is 0 Å². The number of hydrogen-bond donors (Lipinski definition) is 0. The molecular weight excluding hydrogens is 300 g/mol. The second kappa shape index (κ2) is 13.5. The molecule has 2 aromatic carbocycles. The number of aryl methyl sites for hydroxylation is 3. The number of allylic oxidation sites excluding steroid dienone is 1. The molecule has 0 N–H and O–H groups in total. The van der Waals surface area contributed by atoms with E-state index in [9.17, 15) is 0 Å². The van der Waals surface area contributed by atoms with Crippen molar-refractivity contribution in [1.82, 2.24) is 0 Å². The molecule has 0 saturated heterocycles. The zero-order valence-corrected chi connectivity index (χ0v) is 17.5. The highest BCUT2D eigenvalue weighted by molar-refractivity contribution is 5.20. The van der Waals surface area contributed by atoms with E-state index >= 15 is 0 Å². The molecule has 0 nitrogen and oxygen atoms in total. The van der Waals surface area contributed by atoms with Crippen LogP contribution in [-0.4, -0.2) is 0 Å². The standard InChI is InChI=1S/C8H14.C8H10.C7H8.C2H6/c1-6-4-5-7(2)8(6)3;1-7-4-3-5-8(2)6-7;1-7-5-3-2-4-6-7;1-2/h6-7H,3-5H2,1-2H3;3-6H,1-2H3;2-6H,1H3;1-2H3. The van der Waals surface area contributed by atoms with E-state index in [0.717, 1.165) is 11.8 Å². The number of hydrogen-bond acceptors (Lipinski definition) is 0. The van der Waals surface area contributed by atoms with Crippen LogP contribution < -0.4 is 0 Å². The van der Waals surface area contributed by atoms with Crippen molar-refractivity contribution in [1.29, 1.82) is 0 Å². The zero-order valence-electron chi connectivity index (χ0n) is 17.5. The maximum Gasteiger partial charge on any atom is -0.0231 e. The molecule has 0 spiro atoms. The summed E-state index contributed by atoms with van der Waals surface area (Å²) in [7, 11) is 0. The maximum atomic E-state index is 4.02. The molecule has 0 aromatic heterocycles. The van der Waals surface area contributed by atoms with E-state index in [0.29, 0.717) is 0 Å². The fourth-order valence-corrected chi connectivity index (χ4v) is 2.70. The van der Waals surface area contributed by atoms with E-state index in [1.165, 1.54) is 35.1 Å². The molecule has 1 aliphatic carbocycles. The predicted octanol–water partition coefficient (Wildman–Crippen LogP) is 7.93. The van der Waals surface area contributed by atoms with Crippen molar-refractivity contribution in [3.63, 3.8) is 0 Å². The average molecular weight is 339 g/mol. The summed E-state index contributed by atoms with van der Waals surface area (Å²) in [5.41, 5.74) is 5.46. The van der Waals surface area contributed by atoms with E-state index < -0.39 is 0 Å². The molecule has 1 fully saturated rings. The average Bonchev–Trinajstić information content (AvgIpc) is 2.89. The van der Waals surface area contributed by atoms with Gasteiger partial charge in [-0.05, 0) is 45.4 Å². The zero-order chi connectivity index (χ0) is 19.2. The van der Waals surface area contributed by atoms with Gasteiger partial charge in [-0.3, -0.25) is 0 Å². The molecule has 0 aliphatic heterocycles. The van der Waals surface area contributed by atoms with E-state index in [2.05, 4.69) is 77.6 Å². The molecule has 0 heterocycles. The minimum absolute atomic E-state index is 0.796. The summed E-state index contributed by atoms with van der Waals surface area (Å²) < 4.78 is 0. The van der Waals surface area contributed by atoms with Crippen LogP contribution in [0.5, 0.6) is 0 Å². The van der Waals surface area contributed by atoms with Crippen LogP contribution in [0.2, 0.25) is 0 Å². The molecular formula is C25H38. The Kier molecular flexibility index (Phi) is 12.5. The summed E-state index contributed by atoms with van der Waals surface area (Å²) >= 11 is 0. The highest BCUT2D eigenvalue weighted by Crippen LogP contribution is 2.33. The van der Waals surface area contributed by atoms with Crippen molar-refractivity contribution in [3.05, 3.63) is 83.4 Å². The Labute approximate surface area is 157 Å². The van der Waals surface area contributed by atoms with Gasteiger partial charge in [-0.2, -0.15) is 0 Å². The molecule has 0 heteroatoms. The number of rotatable bonds is 0. The van der Waals surface area contributed by atoms with Gasteiger partial charge in [0.15, 0.2) is 0 Å². The number of benzene rings is 2. The first-order valence-corrected chi connectivity index (χ1v) is 9.63. The third kappa shape index (κ3) is 10.6. The first-order valence-electron chi connectivity index (χ1n) is 9.63. The van der Waals surface area contributed by atoms with Gasteiger partial charge < -0.3 is 0 Å². The summed E-state index contributed by atoms with van der Waals surface area (Å²) in [6.07, 6.45) is 2.72. The Morgan fingerprint density at radius 1 is 0.680 bits per heavy atom. The van der Waals surface area contributed by atoms with E-state index in [4.69, 9.17) is 0 Å². The molecule has 25 heavy (non-hydrogen) atoms. The molecule has 2 unspecified atom stereocenters. The first-order chi connectivity index (χ1) is 11.9. The van der Waals surface area contributed by atoms with Crippen LogP contribution in [-0.2, 0) is 0 Å². The van der Waals surface area contributed by atoms with E-state index in [-0.39, 0.29) is 0 Å². The van der Waals surface area contributed by atoms with Crippen LogP contribution >= 0.6 is 0 Å². The molecule has 0 amide bonds. The van der Waals surface area contributed by atoms with Crippen molar-refractivity contribution in [2.45, 2.75) is 61.3 Å². The van der Waals surface area contributed by atoms with Gasteiger partial charge in [0, 0.05) is 0 Å². The van der Waals surface area contributed by atoms with Gasteiger partial charge in [0.05, 0.1) is 0 Å². The minimum atomic E-state index is 0.796. The largest absolute Gasteiger partial charge is 0.0993 e. The van der Waals surface area contributed by atoms with Crippen LogP contribution in [0.4, 0.5) is 0 Å². The van der Waals surface area contributed by atoms with Crippen LogP contribution in [0, 0.1) is 32.6 Å². The SMILES string of the molecule is C=C1C(C)CCC1C.CC.Cc1cccc(C)c1.Cc1ccccc1. The lowest BCUT2D eigenvalue weighted by Crippen LogP contribution is -1.91. The molecule has 0 radical (unpaired) electrons. The highest BCUT2D eigenvalue weighted by Gasteiger charge is 2.20. The maximum absolute atomic E-state index is 4.02. The molecule has 3 rings (SSSR count). The van der Waals surface area contributed by atoms with E-state index in [1.807, 2.05) is 32.0 Å². The topological polar surface area (TPSA) is 0 Å². The fourth-order valence-electron chi connectivity index (χ4n) is 2.70. The normalized spacial score (nSPS) is 18.0. The third-order valence-electron chi connectivity index (χ3n) is 4.41. The van der Waals surface area contributed by atoms with Crippen LogP contribution in [0.25, 0.3) is 0 Å². The van der Waals surface area contributed by atoms with Crippen LogP contribution in [0.1, 0.15) is 57.2 Å². The van der Waals surface area contributed by atoms with Gasteiger partial charge in [-0.15, -0.1) is 0 Å². The Morgan fingerprint density at radius 2 is 1.08 bits per heavy atom. The second-order valence-corrected chi connectivity index (χ2v) is 6.77. The fraction of sp³-hybridized carbons (Fsp3) is 0.440. The Bertz CT molecular complexity index is 551. The van der Waals surface area contributed by atoms with Gasteiger partial charge in [0.25, 0.3) is 0 Å². The minimum Gasteiger partial charge on any atom is -0.0993 e. The van der Waals surface area contributed by atoms with Gasteiger partial charge in [-0.25, -0.2) is 0 Å². The van der Waals surface area contributed by atoms with Gasteiger partial charge in [0.1, 0.15) is 0 Å². The summed E-state index contributed by atoms with van der Waals surface area (Å²) in [6, 6.07) is 18.7. The van der Waals surface area contributed by atoms with Crippen molar-refractivity contribution in [3.8, 4) is 0 Å². The Hall–Kier alpha value is -1.82. The Balaban J connectivity index is 0.000000330. The molecule has 138 valence electrons. The van der Waals surface area contributed by atoms with Gasteiger partial charge >= 0.3 is 0 Å². The van der Waals surface area contributed by atoms with Gasteiger partial charge in [0.2, 0.25) is 0 Å². The predicted molar refractivity (Wildman–Crippen MR) is 115 cm³/mol. The molecule has 1 aliphatic rings. The van der Waals surface area contributed by atoms with Crippen molar-refractivity contribution < 1.29 is 0 Å². The summed E-state index contributed by atoms with van der Waals surface area (Å²) in [6.45, 7) is 18.8. The smallest absolute Gasteiger partial charge is 0.0231 e. The summed E-state index contributed by atoms with van der Waals surface area (Å²) in [4.78, 5) is 0. The molecule has 2 atom stereocenters. The lowest BCUT2D eigenvalue weighted by molar-refractivity contribution is 0.677. The van der Waals surface area contributed by atoms with Crippen molar-refractivity contribution >= 4 is 0 Å². The summed E-state index contributed by atoms with van der Waals surface area (Å²) in [5, 5.41) is 0. The molecule has 1 saturated carbocycles. The highest BCUT2D eigenvalue weighted by atomic mass is 14.3. The molecule has 0 bridgehead atoms. The first kappa shape index (κ1) is 23.2. The Morgan fingerprint density at radius 3 is 1.28 bits per heavy atom. The molecule has 2 aromatic rings. The van der Waals surface area contributed by atoms with Crippen molar-refractivity contribution in [2.75, 3.05) is 0 Å². The lowest BCUT2D eigenvalue weighted by atomic mass is 10.0.